The fraction of sp³-hybridized carbons (Fsp3) is 0.143. The van der Waals surface area contributed by atoms with Crippen LogP contribution in [-0.4, -0.2) is 23.1 Å². The first-order chi connectivity index (χ1) is 13.8. The Hall–Kier alpha value is -2.83. The van der Waals surface area contributed by atoms with Crippen molar-refractivity contribution in [1.29, 1.82) is 0 Å². The zero-order chi connectivity index (χ0) is 21.1. The van der Waals surface area contributed by atoms with Crippen molar-refractivity contribution in [2.75, 3.05) is 11.9 Å². The van der Waals surface area contributed by atoms with Gasteiger partial charge in [0.15, 0.2) is 6.61 Å². The minimum Gasteiger partial charge on any atom is -0.452 e. The van der Waals surface area contributed by atoms with Gasteiger partial charge in [0.1, 0.15) is 5.82 Å². The van der Waals surface area contributed by atoms with E-state index in [1.165, 1.54) is 18.2 Å². The van der Waals surface area contributed by atoms with Gasteiger partial charge in [0.2, 0.25) is 0 Å². The number of esters is 1. The Morgan fingerprint density at radius 3 is 2.41 bits per heavy atom. The molecule has 0 aliphatic rings. The number of rotatable bonds is 5. The summed E-state index contributed by atoms with van der Waals surface area (Å²) in [5, 5.41) is 3.28. The highest BCUT2D eigenvalue weighted by Crippen LogP contribution is 2.25. The van der Waals surface area contributed by atoms with Crippen molar-refractivity contribution in [1.82, 2.24) is 4.57 Å². The summed E-state index contributed by atoms with van der Waals surface area (Å²) in [5.41, 5.74) is 2.81. The van der Waals surface area contributed by atoms with Gasteiger partial charge in [0.05, 0.1) is 16.3 Å². The van der Waals surface area contributed by atoms with Crippen LogP contribution < -0.4 is 5.32 Å². The average molecular weight is 435 g/mol. The minimum atomic E-state index is -0.635. The van der Waals surface area contributed by atoms with Crippen LogP contribution in [0.5, 0.6) is 0 Å². The Morgan fingerprint density at radius 1 is 1.07 bits per heavy atom. The number of ether oxygens (including phenoxy) is 1. The summed E-state index contributed by atoms with van der Waals surface area (Å²) in [5.74, 6) is -1.51. The molecule has 1 amide bonds. The van der Waals surface area contributed by atoms with Gasteiger partial charge < -0.3 is 14.6 Å². The molecule has 0 bridgehead atoms. The van der Waals surface area contributed by atoms with Crippen LogP contribution in [0, 0.1) is 19.7 Å². The molecule has 0 atom stereocenters. The van der Waals surface area contributed by atoms with Gasteiger partial charge in [-0.3, -0.25) is 4.79 Å². The smallest absolute Gasteiger partial charge is 0.340 e. The van der Waals surface area contributed by atoms with Gasteiger partial charge in [-0.15, -0.1) is 0 Å². The standard InChI is InChI=1S/C21H17Cl2FN2O3/c1-12-9-17(13(2)26(12)16-6-4-15(24)5-7-16)21(28)29-11-20(27)25-19-8-3-14(22)10-18(19)23/h3-10H,11H2,1-2H3,(H,25,27). The highest BCUT2D eigenvalue weighted by Gasteiger charge is 2.19. The molecule has 0 aliphatic heterocycles. The highest BCUT2D eigenvalue weighted by atomic mass is 35.5. The summed E-state index contributed by atoms with van der Waals surface area (Å²) in [7, 11) is 0. The first-order valence-electron chi connectivity index (χ1n) is 8.63. The van der Waals surface area contributed by atoms with Gasteiger partial charge >= 0.3 is 5.97 Å². The Balaban J connectivity index is 1.69. The zero-order valence-electron chi connectivity index (χ0n) is 15.6. The molecule has 8 heteroatoms. The molecular formula is C21H17Cl2FN2O3. The number of nitrogens with zero attached hydrogens (tertiary/aromatic N) is 1. The predicted octanol–water partition coefficient (Wildman–Crippen LogP) is 5.34. The van der Waals surface area contributed by atoms with Gasteiger partial charge in [-0.2, -0.15) is 0 Å². The zero-order valence-corrected chi connectivity index (χ0v) is 17.1. The van der Waals surface area contributed by atoms with Crippen LogP contribution in [0.4, 0.5) is 10.1 Å². The van der Waals surface area contributed by atoms with Crippen molar-refractivity contribution < 1.29 is 18.7 Å². The van der Waals surface area contributed by atoms with E-state index in [-0.39, 0.29) is 10.8 Å². The van der Waals surface area contributed by atoms with Gasteiger partial charge in [0, 0.05) is 22.1 Å². The van der Waals surface area contributed by atoms with Crippen LogP contribution in [0.2, 0.25) is 10.0 Å². The number of aromatic nitrogens is 1. The lowest BCUT2D eigenvalue weighted by molar-refractivity contribution is -0.119. The number of halogens is 3. The van der Waals surface area contributed by atoms with E-state index in [1.807, 2.05) is 11.5 Å². The Bertz CT molecular complexity index is 1080. The number of carbonyl (C=O) groups is 2. The molecule has 0 saturated heterocycles. The average Bonchev–Trinajstić information content (AvgIpc) is 2.97. The molecule has 1 heterocycles. The van der Waals surface area contributed by atoms with Gasteiger partial charge in [-0.25, -0.2) is 9.18 Å². The lowest BCUT2D eigenvalue weighted by Gasteiger charge is -2.10. The quantitative estimate of drug-likeness (QED) is 0.551. The van der Waals surface area contributed by atoms with E-state index in [1.54, 1.807) is 37.3 Å². The van der Waals surface area contributed by atoms with Gasteiger partial charge in [-0.05, 0) is 62.4 Å². The molecule has 1 N–H and O–H groups in total. The SMILES string of the molecule is Cc1cc(C(=O)OCC(=O)Nc2ccc(Cl)cc2Cl)c(C)n1-c1ccc(F)cc1. The van der Waals surface area contributed by atoms with Crippen LogP contribution in [0.15, 0.2) is 48.5 Å². The van der Waals surface area contributed by atoms with E-state index in [0.29, 0.717) is 22.0 Å². The molecule has 0 aliphatic carbocycles. The van der Waals surface area contributed by atoms with E-state index in [0.717, 1.165) is 11.4 Å². The van der Waals surface area contributed by atoms with Crippen LogP contribution >= 0.6 is 23.2 Å². The number of hydrogen-bond acceptors (Lipinski definition) is 3. The topological polar surface area (TPSA) is 60.3 Å². The molecule has 29 heavy (non-hydrogen) atoms. The van der Waals surface area contributed by atoms with E-state index in [2.05, 4.69) is 5.32 Å². The maximum Gasteiger partial charge on any atom is 0.340 e. The molecule has 0 unspecified atom stereocenters. The summed E-state index contributed by atoms with van der Waals surface area (Å²) in [4.78, 5) is 24.5. The first kappa shape index (κ1) is 20.9. The second kappa shape index (κ2) is 8.68. The van der Waals surface area contributed by atoms with Crippen molar-refractivity contribution >= 4 is 40.8 Å². The molecule has 5 nitrogen and oxygen atoms in total. The summed E-state index contributed by atoms with van der Waals surface area (Å²) >= 11 is 11.8. The number of benzene rings is 2. The lowest BCUT2D eigenvalue weighted by atomic mass is 10.2. The molecule has 0 saturated carbocycles. The third-order valence-electron chi connectivity index (χ3n) is 4.28. The first-order valence-corrected chi connectivity index (χ1v) is 9.39. The van der Waals surface area contributed by atoms with E-state index in [4.69, 9.17) is 27.9 Å². The second-order valence-corrected chi connectivity index (χ2v) is 7.19. The van der Waals surface area contributed by atoms with E-state index in [9.17, 15) is 14.0 Å². The van der Waals surface area contributed by atoms with Crippen LogP contribution in [-0.2, 0) is 9.53 Å². The van der Waals surface area contributed by atoms with Gasteiger partial charge in [0.25, 0.3) is 5.91 Å². The van der Waals surface area contributed by atoms with Crippen LogP contribution in [0.1, 0.15) is 21.7 Å². The Kier molecular flexibility index (Phi) is 6.25. The van der Waals surface area contributed by atoms with Crippen molar-refractivity contribution in [3.8, 4) is 5.69 Å². The highest BCUT2D eigenvalue weighted by molar-refractivity contribution is 6.36. The van der Waals surface area contributed by atoms with Crippen molar-refractivity contribution in [3.05, 3.63) is 81.3 Å². The Labute approximate surface area is 177 Å². The van der Waals surface area contributed by atoms with Crippen LogP contribution in [0.3, 0.4) is 0 Å². The fourth-order valence-corrected chi connectivity index (χ4v) is 3.40. The number of hydrogen-bond donors (Lipinski definition) is 1. The number of amides is 1. The predicted molar refractivity (Wildman–Crippen MR) is 111 cm³/mol. The minimum absolute atomic E-state index is 0.278. The number of aryl methyl sites for hydroxylation is 1. The second-order valence-electron chi connectivity index (χ2n) is 6.35. The van der Waals surface area contributed by atoms with Crippen molar-refractivity contribution in [2.45, 2.75) is 13.8 Å². The summed E-state index contributed by atoms with van der Waals surface area (Å²) in [6.07, 6.45) is 0. The largest absolute Gasteiger partial charge is 0.452 e. The maximum absolute atomic E-state index is 13.2. The molecule has 0 fully saturated rings. The monoisotopic (exact) mass is 434 g/mol. The molecule has 1 aromatic heterocycles. The third-order valence-corrected chi connectivity index (χ3v) is 4.82. The Morgan fingerprint density at radius 2 is 1.76 bits per heavy atom. The molecule has 0 spiro atoms. The maximum atomic E-state index is 13.2. The molecule has 0 radical (unpaired) electrons. The third kappa shape index (κ3) is 4.78. The number of anilines is 1. The van der Waals surface area contributed by atoms with E-state index >= 15 is 0 Å². The lowest BCUT2D eigenvalue weighted by Crippen LogP contribution is -2.21. The van der Waals surface area contributed by atoms with Crippen molar-refractivity contribution in [2.24, 2.45) is 0 Å². The molecule has 3 aromatic rings. The van der Waals surface area contributed by atoms with Gasteiger partial charge in [-0.1, -0.05) is 23.2 Å². The molecule has 2 aromatic carbocycles. The summed E-state index contributed by atoms with van der Waals surface area (Å²) in [6.45, 7) is 3.10. The molecule has 3 rings (SSSR count). The number of carbonyl (C=O) groups excluding carboxylic acids is 2. The summed E-state index contributed by atoms with van der Waals surface area (Å²) in [6, 6.07) is 12.2. The normalized spacial score (nSPS) is 10.7. The molecular weight excluding hydrogens is 418 g/mol. The fourth-order valence-electron chi connectivity index (χ4n) is 2.94. The summed E-state index contributed by atoms with van der Waals surface area (Å²) < 4.78 is 20.1. The number of nitrogens with one attached hydrogen (secondary N) is 1. The van der Waals surface area contributed by atoms with E-state index < -0.39 is 18.5 Å². The van der Waals surface area contributed by atoms with Crippen LogP contribution in [0.25, 0.3) is 5.69 Å². The molecule has 150 valence electrons. The van der Waals surface area contributed by atoms with Crippen molar-refractivity contribution in [3.63, 3.8) is 0 Å².